The van der Waals surface area contributed by atoms with E-state index < -0.39 is 15.9 Å². The second kappa shape index (κ2) is 10.7. The van der Waals surface area contributed by atoms with Crippen molar-refractivity contribution in [2.75, 3.05) is 25.5 Å². The highest BCUT2D eigenvalue weighted by molar-refractivity contribution is 7.89. The normalized spacial score (nSPS) is 14.9. The van der Waals surface area contributed by atoms with Crippen molar-refractivity contribution in [3.05, 3.63) is 77.3 Å². The Kier molecular flexibility index (Phi) is 7.64. The molecule has 184 valence electrons. The van der Waals surface area contributed by atoms with Crippen molar-refractivity contribution >= 4 is 33.2 Å². The van der Waals surface area contributed by atoms with Crippen LogP contribution in [0.4, 0.5) is 5.69 Å². The summed E-state index contributed by atoms with van der Waals surface area (Å²) in [5, 5.41) is 3.20. The zero-order valence-electron chi connectivity index (χ0n) is 19.5. The molecule has 1 fully saturated rings. The molecular weight excluding hydrogens is 488 g/mol. The number of para-hydroxylation sites is 1. The number of hydrogen-bond donors (Lipinski definition) is 1. The van der Waals surface area contributed by atoms with E-state index in [-0.39, 0.29) is 16.2 Å². The molecule has 3 aromatic rings. The summed E-state index contributed by atoms with van der Waals surface area (Å²) in [4.78, 5) is 13.4. The minimum absolute atomic E-state index is 0.0462. The zero-order valence-corrected chi connectivity index (χ0v) is 21.1. The van der Waals surface area contributed by atoms with Gasteiger partial charge in [-0.25, -0.2) is 8.42 Å². The van der Waals surface area contributed by atoms with E-state index in [1.165, 1.54) is 29.6 Å². The Bertz CT molecular complexity index is 1310. The minimum atomic E-state index is -3.74. The summed E-state index contributed by atoms with van der Waals surface area (Å²) in [7, 11) is -2.32. The lowest BCUT2D eigenvalue weighted by Crippen LogP contribution is -2.37. The number of benzene rings is 3. The third kappa shape index (κ3) is 5.78. The number of sulfonamides is 1. The molecule has 3 aromatic carbocycles. The van der Waals surface area contributed by atoms with Gasteiger partial charge >= 0.3 is 0 Å². The van der Waals surface area contributed by atoms with Crippen molar-refractivity contribution in [1.29, 1.82) is 0 Å². The quantitative estimate of drug-likeness (QED) is 0.430. The fourth-order valence-corrected chi connectivity index (χ4v) is 5.56. The van der Waals surface area contributed by atoms with Gasteiger partial charge in [0.15, 0.2) is 5.75 Å². The van der Waals surface area contributed by atoms with Crippen LogP contribution in [0.5, 0.6) is 17.2 Å². The third-order valence-corrected chi connectivity index (χ3v) is 8.09. The Labute approximate surface area is 210 Å². The molecule has 0 atom stereocenters. The Morgan fingerprint density at radius 3 is 2.37 bits per heavy atom. The van der Waals surface area contributed by atoms with Crippen LogP contribution in [0.15, 0.2) is 71.6 Å². The number of methoxy groups -OCH3 is 1. The lowest BCUT2D eigenvalue weighted by molar-refractivity contribution is 0.102. The first-order chi connectivity index (χ1) is 16.8. The van der Waals surface area contributed by atoms with Crippen LogP contribution in [0.2, 0.25) is 5.02 Å². The van der Waals surface area contributed by atoms with Crippen LogP contribution in [0.25, 0.3) is 0 Å². The van der Waals surface area contributed by atoms with Crippen molar-refractivity contribution in [2.45, 2.75) is 24.7 Å². The number of carbonyl (C=O) groups is 1. The molecule has 0 bridgehead atoms. The smallest absolute Gasteiger partial charge is 0.259 e. The van der Waals surface area contributed by atoms with Gasteiger partial charge in [0.25, 0.3) is 5.91 Å². The van der Waals surface area contributed by atoms with Crippen LogP contribution in [-0.4, -0.2) is 38.8 Å². The summed E-state index contributed by atoms with van der Waals surface area (Å²) in [6.45, 7) is 3.03. The lowest BCUT2D eigenvalue weighted by Gasteiger charge is -2.29. The van der Waals surface area contributed by atoms with E-state index >= 15 is 0 Å². The molecule has 0 aliphatic carbocycles. The third-order valence-electron chi connectivity index (χ3n) is 5.96. The summed E-state index contributed by atoms with van der Waals surface area (Å²) in [6.07, 6.45) is 1.61. The van der Waals surface area contributed by atoms with Crippen LogP contribution in [0, 0.1) is 5.92 Å². The van der Waals surface area contributed by atoms with Gasteiger partial charge in [0.1, 0.15) is 11.5 Å². The van der Waals surface area contributed by atoms with Crippen LogP contribution in [-0.2, 0) is 10.0 Å². The first-order valence-electron chi connectivity index (χ1n) is 11.3. The van der Waals surface area contributed by atoms with E-state index in [0.29, 0.717) is 41.2 Å². The molecule has 1 heterocycles. The molecule has 0 unspecified atom stereocenters. The molecule has 4 rings (SSSR count). The van der Waals surface area contributed by atoms with Gasteiger partial charge in [-0.2, -0.15) is 4.31 Å². The van der Waals surface area contributed by atoms with E-state index in [1.807, 2.05) is 18.2 Å². The van der Waals surface area contributed by atoms with Gasteiger partial charge in [0.05, 0.1) is 23.3 Å². The Morgan fingerprint density at radius 1 is 1.00 bits per heavy atom. The van der Waals surface area contributed by atoms with Gasteiger partial charge < -0.3 is 14.8 Å². The number of amides is 1. The van der Waals surface area contributed by atoms with Crippen molar-refractivity contribution < 1.29 is 22.7 Å². The van der Waals surface area contributed by atoms with Gasteiger partial charge in [-0.3, -0.25) is 4.79 Å². The molecule has 1 saturated heterocycles. The predicted octanol–water partition coefficient (Wildman–Crippen LogP) is 5.81. The largest absolute Gasteiger partial charge is 0.496 e. The number of anilines is 1. The van der Waals surface area contributed by atoms with Crippen LogP contribution >= 0.6 is 11.6 Å². The SMILES string of the molecule is COc1ccc(S(=O)(=O)N2CCC(C)CC2)cc1C(=O)Nc1cc(Cl)ccc1Oc1ccccc1. The number of hydrogen-bond acceptors (Lipinski definition) is 5. The molecule has 1 N–H and O–H groups in total. The lowest BCUT2D eigenvalue weighted by atomic mass is 10.0. The molecule has 1 amide bonds. The summed E-state index contributed by atoms with van der Waals surface area (Å²) in [6, 6.07) is 18.3. The average Bonchev–Trinajstić information content (AvgIpc) is 2.86. The fraction of sp³-hybridized carbons (Fsp3) is 0.269. The maximum Gasteiger partial charge on any atom is 0.259 e. The van der Waals surface area contributed by atoms with Gasteiger partial charge in [-0.15, -0.1) is 0 Å². The molecule has 1 aliphatic rings. The molecule has 1 aliphatic heterocycles. The maximum atomic E-state index is 13.3. The van der Waals surface area contributed by atoms with Crippen molar-refractivity contribution in [2.24, 2.45) is 5.92 Å². The molecule has 0 saturated carbocycles. The molecule has 0 spiro atoms. The maximum absolute atomic E-state index is 13.3. The second-order valence-corrected chi connectivity index (χ2v) is 10.8. The van der Waals surface area contributed by atoms with E-state index in [0.717, 1.165) is 12.8 Å². The Hall–Kier alpha value is -3.07. The zero-order chi connectivity index (χ0) is 25.0. The number of ether oxygens (including phenoxy) is 2. The number of nitrogens with zero attached hydrogens (tertiary/aromatic N) is 1. The van der Waals surface area contributed by atoms with Gasteiger partial charge in [-0.1, -0.05) is 36.7 Å². The fourth-order valence-electron chi connectivity index (χ4n) is 3.89. The molecular formula is C26H27ClN2O5S. The Morgan fingerprint density at radius 2 is 1.69 bits per heavy atom. The van der Waals surface area contributed by atoms with Gasteiger partial charge in [-0.05, 0) is 67.3 Å². The first-order valence-corrected chi connectivity index (χ1v) is 13.1. The monoisotopic (exact) mass is 514 g/mol. The highest BCUT2D eigenvalue weighted by Crippen LogP contribution is 2.34. The van der Waals surface area contributed by atoms with Crippen LogP contribution in [0.1, 0.15) is 30.1 Å². The summed E-state index contributed by atoms with van der Waals surface area (Å²) < 4.78 is 39.2. The Balaban J connectivity index is 1.63. The van der Waals surface area contributed by atoms with E-state index in [9.17, 15) is 13.2 Å². The highest BCUT2D eigenvalue weighted by Gasteiger charge is 2.29. The van der Waals surface area contributed by atoms with Crippen molar-refractivity contribution in [1.82, 2.24) is 4.31 Å². The van der Waals surface area contributed by atoms with Crippen LogP contribution < -0.4 is 14.8 Å². The minimum Gasteiger partial charge on any atom is -0.496 e. The van der Waals surface area contributed by atoms with Gasteiger partial charge in [0, 0.05) is 18.1 Å². The van der Waals surface area contributed by atoms with Crippen molar-refractivity contribution in [3.63, 3.8) is 0 Å². The summed E-state index contributed by atoms with van der Waals surface area (Å²) >= 11 is 6.17. The van der Waals surface area contributed by atoms with E-state index in [2.05, 4.69) is 12.2 Å². The van der Waals surface area contributed by atoms with Gasteiger partial charge in [0.2, 0.25) is 10.0 Å². The average molecular weight is 515 g/mol. The molecule has 7 nitrogen and oxygen atoms in total. The first kappa shape index (κ1) is 25.0. The number of halogens is 1. The van der Waals surface area contributed by atoms with Crippen LogP contribution in [0.3, 0.4) is 0 Å². The van der Waals surface area contributed by atoms with E-state index in [1.54, 1.807) is 30.3 Å². The number of piperidine rings is 1. The number of nitrogens with one attached hydrogen (secondary N) is 1. The van der Waals surface area contributed by atoms with Crippen molar-refractivity contribution in [3.8, 4) is 17.2 Å². The van der Waals surface area contributed by atoms with E-state index in [4.69, 9.17) is 21.1 Å². The highest BCUT2D eigenvalue weighted by atomic mass is 35.5. The summed E-state index contributed by atoms with van der Waals surface area (Å²) in [5.41, 5.74) is 0.427. The second-order valence-electron chi connectivity index (χ2n) is 8.46. The molecule has 35 heavy (non-hydrogen) atoms. The number of carbonyl (C=O) groups excluding carboxylic acids is 1. The number of rotatable bonds is 7. The molecule has 0 aromatic heterocycles. The molecule has 0 radical (unpaired) electrons. The standard InChI is InChI=1S/C26H27ClN2O5S/c1-18-12-14-29(15-13-18)35(31,32)21-9-11-24(33-2)22(17-21)26(30)28-23-16-19(27)8-10-25(23)34-20-6-4-3-5-7-20/h3-11,16-18H,12-15H2,1-2H3,(H,28,30). The topological polar surface area (TPSA) is 84.9 Å². The predicted molar refractivity (Wildman–Crippen MR) is 136 cm³/mol. The molecule has 9 heteroatoms. The summed E-state index contributed by atoms with van der Waals surface area (Å²) in [5.74, 6) is 1.17.